The van der Waals surface area contributed by atoms with Gasteiger partial charge < -0.3 is 0 Å². The molecule has 0 amide bonds. The number of nitrogens with zero attached hydrogens (tertiary/aromatic N) is 1. The Bertz CT molecular complexity index is 267. The number of hydrogen-bond acceptors (Lipinski definition) is 1. The molecule has 0 fully saturated rings. The van der Waals surface area contributed by atoms with Gasteiger partial charge in [0.25, 0.3) is 0 Å². The second-order valence-electron chi connectivity index (χ2n) is 3.04. The Morgan fingerprint density at radius 1 is 1.15 bits per heavy atom. The summed E-state index contributed by atoms with van der Waals surface area (Å²) in [6, 6.07) is 7.75. The van der Waals surface area contributed by atoms with Gasteiger partial charge in [-0.05, 0) is 0 Å². The molecule has 13 heavy (non-hydrogen) atoms. The van der Waals surface area contributed by atoms with Gasteiger partial charge >= 0.3 is 87.9 Å². The first-order chi connectivity index (χ1) is 6.12. The Hall–Kier alpha value is -0.302. The number of rotatable bonds is 3. The number of hydrogen-bond donors (Lipinski definition) is 0. The molecule has 0 aliphatic carbocycles. The minimum absolute atomic E-state index is 0.229. The van der Waals surface area contributed by atoms with Gasteiger partial charge in [0, 0.05) is 0 Å². The van der Waals surface area contributed by atoms with Crippen LogP contribution in [0.2, 0.25) is 0 Å². The minimum atomic E-state index is -0.229. The van der Waals surface area contributed by atoms with Crippen molar-refractivity contribution in [1.82, 2.24) is 4.65 Å². The second-order valence-corrected chi connectivity index (χ2v) is 4.12. The van der Waals surface area contributed by atoms with E-state index in [0.717, 1.165) is 10.0 Å². The summed E-state index contributed by atoms with van der Waals surface area (Å²) in [6.07, 6.45) is 0. The van der Waals surface area contributed by atoms with Crippen molar-refractivity contribution in [3.05, 3.63) is 29.5 Å². The van der Waals surface area contributed by atoms with Crippen LogP contribution in [0.3, 0.4) is 0 Å². The molecule has 0 spiro atoms. The van der Waals surface area contributed by atoms with Crippen molar-refractivity contribution in [2.75, 3.05) is 13.1 Å². The summed E-state index contributed by atoms with van der Waals surface area (Å²) in [4.78, 5) is 0. The molecule has 0 N–H and O–H groups in total. The normalized spacial score (nSPS) is 11.7. The van der Waals surface area contributed by atoms with Gasteiger partial charge in [-0.3, -0.25) is 0 Å². The fourth-order valence-electron chi connectivity index (χ4n) is 1.31. The van der Waals surface area contributed by atoms with Crippen LogP contribution in [0.1, 0.15) is 13.8 Å². The van der Waals surface area contributed by atoms with E-state index in [0.29, 0.717) is 13.1 Å². The van der Waals surface area contributed by atoms with E-state index in [1.54, 1.807) is 0 Å². The molecule has 70 valence electrons. The van der Waals surface area contributed by atoms with Gasteiger partial charge in [0.05, 0.1) is 0 Å². The van der Waals surface area contributed by atoms with Crippen molar-refractivity contribution in [3.63, 3.8) is 0 Å². The maximum atomic E-state index is 12.1. The molecule has 0 saturated heterocycles. The van der Waals surface area contributed by atoms with Crippen LogP contribution in [0.15, 0.2) is 24.3 Å². The summed E-state index contributed by atoms with van der Waals surface area (Å²) >= 11 is 2.47. The van der Waals surface area contributed by atoms with E-state index in [9.17, 15) is 5.21 Å². The molecule has 0 heterocycles. The molecule has 1 aromatic rings. The third kappa shape index (κ3) is 2.34. The molecular formula is C10H14AsNO. The Labute approximate surface area is 88.2 Å². The molecule has 1 aromatic carbocycles. The van der Waals surface area contributed by atoms with Crippen LogP contribution in [-0.2, 0) is 0 Å². The molecule has 0 bridgehead atoms. The molecule has 0 aliphatic heterocycles. The Morgan fingerprint density at radius 3 is 2.00 bits per heavy atom. The Balaban J connectivity index is 2.99. The fourth-order valence-corrected chi connectivity index (χ4v) is 1.63. The molecule has 0 aromatic heterocycles. The van der Waals surface area contributed by atoms with Crippen molar-refractivity contribution in [2.24, 2.45) is 0 Å². The van der Waals surface area contributed by atoms with Crippen molar-refractivity contribution < 1.29 is 0 Å². The van der Waals surface area contributed by atoms with Crippen LogP contribution < -0.4 is 9.00 Å². The van der Waals surface area contributed by atoms with Gasteiger partial charge in [-0.15, -0.1) is 0 Å². The average molecular weight is 239 g/mol. The first-order valence-corrected chi connectivity index (χ1v) is 5.44. The van der Waals surface area contributed by atoms with Crippen LogP contribution in [0, 0.1) is 5.21 Å². The first-order valence-electron chi connectivity index (χ1n) is 4.50. The Morgan fingerprint density at radius 2 is 1.62 bits per heavy atom. The third-order valence-corrected chi connectivity index (χ3v) is 2.97. The van der Waals surface area contributed by atoms with Crippen molar-refractivity contribution in [2.45, 2.75) is 13.8 Å². The van der Waals surface area contributed by atoms with Gasteiger partial charge in [-0.1, -0.05) is 0 Å². The van der Waals surface area contributed by atoms with Crippen molar-refractivity contribution in [1.29, 1.82) is 0 Å². The van der Waals surface area contributed by atoms with E-state index < -0.39 is 0 Å². The zero-order valence-electron chi connectivity index (χ0n) is 8.03. The quantitative estimate of drug-likeness (QED) is 0.443. The SMILES string of the molecule is CC[N+]([O-])(CC)c1ccc([As])cc1. The van der Waals surface area contributed by atoms with E-state index >= 15 is 0 Å². The molecule has 1 rings (SSSR count). The maximum absolute atomic E-state index is 12.1. The molecule has 2 nitrogen and oxygen atoms in total. The summed E-state index contributed by atoms with van der Waals surface area (Å²) in [7, 11) is 0. The second kappa shape index (κ2) is 4.27. The van der Waals surface area contributed by atoms with Gasteiger partial charge in [-0.25, -0.2) is 0 Å². The zero-order chi connectivity index (χ0) is 9.90. The molecule has 2 radical (unpaired) electrons. The number of benzene rings is 1. The summed E-state index contributed by atoms with van der Waals surface area (Å²) in [5, 5.41) is 12.1. The summed E-state index contributed by atoms with van der Waals surface area (Å²) in [5.41, 5.74) is 0.847. The van der Waals surface area contributed by atoms with Gasteiger partial charge in [0.1, 0.15) is 0 Å². The fraction of sp³-hybridized carbons (Fsp3) is 0.400. The van der Waals surface area contributed by atoms with Crippen LogP contribution in [0.4, 0.5) is 5.69 Å². The summed E-state index contributed by atoms with van der Waals surface area (Å²) in [5.74, 6) is 0. The Kier molecular flexibility index (Phi) is 3.54. The van der Waals surface area contributed by atoms with Crippen molar-refractivity contribution >= 4 is 26.9 Å². The third-order valence-electron chi connectivity index (χ3n) is 2.34. The van der Waals surface area contributed by atoms with Crippen LogP contribution in [0.5, 0.6) is 0 Å². The molecule has 0 saturated carbocycles. The molecule has 3 heteroatoms. The number of quaternary nitrogens is 1. The summed E-state index contributed by atoms with van der Waals surface area (Å²) in [6.45, 7) is 5.03. The predicted octanol–water partition coefficient (Wildman–Crippen LogP) is 1.33. The average Bonchev–Trinajstić information content (AvgIpc) is 2.18. The monoisotopic (exact) mass is 239 g/mol. The van der Waals surface area contributed by atoms with E-state index in [2.05, 4.69) is 16.9 Å². The van der Waals surface area contributed by atoms with Crippen LogP contribution in [0.25, 0.3) is 0 Å². The molecule has 0 unspecified atom stereocenters. The van der Waals surface area contributed by atoms with Crippen LogP contribution in [-0.4, -0.2) is 29.9 Å². The first kappa shape index (κ1) is 10.8. The summed E-state index contributed by atoms with van der Waals surface area (Å²) < 4.78 is 0.905. The molecule has 0 aliphatic rings. The van der Waals surface area contributed by atoms with Crippen LogP contribution >= 0.6 is 0 Å². The van der Waals surface area contributed by atoms with Gasteiger partial charge in [0.2, 0.25) is 0 Å². The molecule has 0 atom stereocenters. The van der Waals surface area contributed by atoms with Gasteiger partial charge in [0.15, 0.2) is 0 Å². The van der Waals surface area contributed by atoms with E-state index in [1.165, 1.54) is 0 Å². The molecular weight excluding hydrogens is 225 g/mol. The van der Waals surface area contributed by atoms with E-state index in [-0.39, 0.29) is 4.65 Å². The van der Waals surface area contributed by atoms with Gasteiger partial charge in [-0.2, -0.15) is 0 Å². The van der Waals surface area contributed by atoms with E-state index in [1.807, 2.05) is 38.1 Å². The zero-order valence-corrected chi connectivity index (χ0v) is 9.90. The van der Waals surface area contributed by atoms with E-state index in [4.69, 9.17) is 0 Å². The predicted molar refractivity (Wildman–Crippen MR) is 58.1 cm³/mol. The number of hydroxylamine groups is 2. The topological polar surface area (TPSA) is 23.1 Å². The standard InChI is InChI=1S/C10H14AsNO/c1-3-12(13,4-2)10-7-5-9(11)6-8-10/h5-8H,3-4H2,1-2H3. The van der Waals surface area contributed by atoms with Crippen molar-refractivity contribution in [3.8, 4) is 0 Å².